The van der Waals surface area contributed by atoms with Gasteiger partial charge in [-0.05, 0) is 34.5 Å². The van der Waals surface area contributed by atoms with E-state index in [9.17, 15) is 4.79 Å². The molecule has 1 unspecified atom stereocenters. The lowest BCUT2D eigenvalue weighted by atomic mass is 10.1. The smallest absolute Gasteiger partial charge is 0.227 e. The number of ether oxygens (including phenoxy) is 1. The van der Waals surface area contributed by atoms with E-state index >= 15 is 0 Å². The Bertz CT molecular complexity index is 865. The maximum Gasteiger partial charge on any atom is 0.227 e. The summed E-state index contributed by atoms with van der Waals surface area (Å²) in [6.07, 6.45) is 1.58. The van der Waals surface area contributed by atoms with E-state index in [4.69, 9.17) is 20.9 Å². The Morgan fingerprint density at radius 3 is 3.21 bits per heavy atom. The highest BCUT2D eigenvalue weighted by molar-refractivity contribution is 7.17. The second kappa shape index (κ2) is 6.51. The minimum Gasteiger partial charge on any atom is -0.377 e. The van der Waals surface area contributed by atoms with Gasteiger partial charge in [0.2, 0.25) is 12.3 Å². The van der Waals surface area contributed by atoms with Gasteiger partial charge in [0, 0.05) is 16.3 Å². The number of benzene rings is 1. The molecule has 24 heavy (non-hydrogen) atoms. The summed E-state index contributed by atoms with van der Waals surface area (Å²) < 4.78 is 11.4. The first-order valence-electron chi connectivity index (χ1n) is 7.51. The number of hydrogen-bond donors (Lipinski definition) is 0. The first-order chi connectivity index (χ1) is 11.7. The van der Waals surface area contributed by atoms with E-state index in [1.807, 2.05) is 23.6 Å². The molecular formula is C16H14ClN3O3S. The molecule has 0 aliphatic carbocycles. The average molecular weight is 364 g/mol. The molecule has 3 aromatic rings. The number of halogens is 1. The molecule has 6 nitrogen and oxygen atoms in total. The van der Waals surface area contributed by atoms with Gasteiger partial charge < -0.3 is 14.2 Å². The third-order valence-electron chi connectivity index (χ3n) is 4.08. The molecule has 2 aromatic heterocycles. The van der Waals surface area contributed by atoms with Crippen LogP contribution in [0.1, 0.15) is 17.4 Å². The lowest BCUT2D eigenvalue weighted by molar-refractivity contribution is -0.139. The minimum atomic E-state index is -0.307. The third kappa shape index (κ3) is 2.90. The van der Waals surface area contributed by atoms with Crippen molar-refractivity contribution < 1.29 is 14.1 Å². The summed E-state index contributed by atoms with van der Waals surface area (Å²) in [5.41, 5.74) is 0.987. The highest BCUT2D eigenvalue weighted by Crippen LogP contribution is 2.30. The number of amides is 1. The number of carbonyl (C=O) groups is 1. The Hall–Kier alpha value is -1.96. The summed E-state index contributed by atoms with van der Waals surface area (Å²) in [5.74, 6) is 0.494. The predicted molar refractivity (Wildman–Crippen MR) is 90.1 cm³/mol. The molecule has 1 fully saturated rings. The Balaban J connectivity index is 1.59. The fraction of sp³-hybridized carbons (Fsp3) is 0.312. The quantitative estimate of drug-likeness (QED) is 0.715. The molecule has 1 aliphatic rings. The van der Waals surface area contributed by atoms with Gasteiger partial charge in [0.15, 0.2) is 5.82 Å². The maximum atomic E-state index is 12.9. The second-order valence-corrected chi connectivity index (χ2v) is 6.89. The fourth-order valence-electron chi connectivity index (χ4n) is 2.90. The van der Waals surface area contributed by atoms with Crippen LogP contribution in [0.15, 0.2) is 34.5 Å². The summed E-state index contributed by atoms with van der Waals surface area (Å²) in [4.78, 5) is 18.7. The first kappa shape index (κ1) is 15.6. The molecule has 8 heteroatoms. The van der Waals surface area contributed by atoms with Gasteiger partial charge in [-0.1, -0.05) is 16.8 Å². The number of carbonyl (C=O) groups excluding carboxylic acids is 1. The largest absolute Gasteiger partial charge is 0.377 e. The maximum absolute atomic E-state index is 12.9. The average Bonchev–Trinajstić information content (AvgIpc) is 3.25. The molecule has 0 saturated carbocycles. The number of rotatable bonds is 3. The van der Waals surface area contributed by atoms with Crippen LogP contribution in [0.3, 0.4) is 0 Å². The van der Waals surface area contributed by atoms with E-state index in [-0.39, 0.29) is 11.9 Å². The third-order valence-corrected chi connectivity index (χ3v) is 5.33. The van der Waals surface area contributed by atoms with Crippen molar-refractivity contribution in [3.05, 3.63) is 46.4 Å². The van der Waals surface area contributed by atoms with Gasteiger partial charge in [0.25, 0.3) is 0 Å². The number of nitrogens with zero attached hydrogens (tertiary/aromatic N) is 3. The topological polar surface area (TPSA) is 68.5 Å². The van der Waals surface area contributed by atoms with Crippen LogP contribution in [-0.4, -0.2) is 40.7 Å². The number of hydrogen-bond acceptors (Lipinski definition) is 6. The zero-order chi connectivity index (χ0) is 16.5. The van der Waals surface area contributed by atoms with Crippen molar-refractivity contribution in [1.29, 1.82) is 0 Å². The SMILES string of the molecule is O=C(Cc1csc2ccc(Cl)cc12)N1CCOCC1c1ncon1. The highest BCUT2D eigenvalue weighted by Gasteiger charge is 2.31. The molecule has 3 heterocycles. The van der Waals surface area contributed by atoms with Gasteiger partial charge in [0.05, 0.1) is 19.6 Å². The Labute approximate surface area is 147 Å². The monoisotopic (exact) mass is 363 g/mol. The van der Waals surface area contributed by atoms with Crippen molar-refractivity contribution in [2.75, 3.05) is 19.8 Å². The molecule has 0 N–H and O–H groups in total. The van der Waals surface area contributed by atoms with Crippen LogP contribution in [0.25, 0.3) is 10.1 Å². The van der Waals surface area contributed by atoms with Crippen molar-refractivity contribution in [3.8, 4) is 0 Å². The Kier molecular flexibility index (Phi) is 4.22. The molecule has 4 rings (SSSR count). The van der Waals surface area contributed by atoms with Crippen molar-refractivity contribution in [2.24, 2.45) is 0 Å². The summed E-state index contributed by atoms with van der Waals surface area (Å²) in [7, 11) is 0. The summed E-state index contributed by atoms with van der Waals surface area (Å²) >= 11 is 7.71. The minimum absolute atomic E-state index is 0.0211. The van der Waals surface area contributed by atoms with Crippen LogP contribution >= 0.6 is 22.9 Å². The first-order valence-corrected chi connectivity index (χ1v) is 8.77. The van der Waals surface area contributed by atoms with Gasteiger partial charge >= 0.3 is 0 Å². The molecule has 1 amide bonds. The van der Waals surface area contributed by atoms with Crippen LogP contribution in [0.5, 0.6) is 0 Å². The van der Waals surface area contributed by atoms with E-state index in [1.54, 1.807) is 16.2 Å². The summed E-state index contributed by atoms with van der Waals surface area (Å²) in [6.45, 7) is 1.40. The lowest BCUT2D eigenvalue weighted by Crippen LogP contribution is -2.44. The van der Waals surface area contributed by atoms with E-state index in [0.717, 1.165) is 15.6 Å². The lowest BCUT2D eigenvalue weighted by Gasteiger charge is -2.33. The van der Waals surface area contributed by atoms with Gasteiger partial charge in [-0.15, -0.1) is 11.3 Å². The van der Waals surface area contributed by atoms with E-state index < -0.39 is 0 Å². The molecule has 0 spiro atoms. The van der Waals surface area contributed by atoms with Gasteiger partial charge in [-0.2, -0.15) is 4.98 Å². The van der Waals surface area contributed by atoms with Gasteiger partial charge in [-0.25, -0.2) is 0 Å². The highest BCUT2D eigenvalue weighted by atomic mass is 35.5. The number of fused-ring (bicyclic) bond motifs is 1. The number of thiophene rings is 1. The molecule has 0 radical (unpaired) electrons. The van der Waals surface area contributed by atoms with Crippen molar-refractivity contribution in [3.63, 3.8) is 0 Å². The van der Waals surface area contributed by atoms with Gasteiger partial charge in [-0.3, -0.25) is 4.79 Å². The molecular weight excluding hydrogens is 350 g/mol. The van der Waals surface area contributed by atoms with Crippen LogP contribution < -0.4 is 0 Å². The molecule has 1 atom stereocenters. The molecule has 1 aromatic carbocycles. The zero-order valence-electron chi connectivity index (χ0n) is 12.6. The summed E-state index contributed by atoms with van der Waals surface area (Å²) in [6, 6.07) is 5.44. The van der Waals surface area contributed by atoms with Crippen LogP contribution in [0.4, 0.5) is 0 Å². The van der Waals surface area contributed by atoms with Crippen LogP contribution in [-0.2, 0) is 16.0 Å². The molecule has 124 valence electrons. The number of aromatic nitrogens is 2. The van der Waals surface area contributed by atoms with E-state index in [2.05, 4.69) is 10.1 Å². The van der Waals surface area contributed by atoms with Crippen molar-refractivity contribution >= 4 is 38.9 Å². The normalized spacial score (nSPS) is 18.2. The van der Waals surface area contributed by atoms with Crippen molar-refractivity contribution in [2.45, 2.75) is 12.5 Å². The van der Waals surface area contributed by atoms with Crippen molar-refractivity contribution in [1.82, 2.24) is 15.0 Å². The van der Waals surface area contributed by atoms with E-state index in [0.29, 0.717) is 37.0 Å². The predicted octanol–water partition coefficient (Wildman–Crippen LogP) is 3.08. The molecule has 1 aliphatic heterocycles. The van der Waals surface area contributed by atoms with Crippen LogP contribution in [0.2, 0.25) is 5.02 Å². The second-order valence-electron chi connectivity index (χ2n) is 5.55. The Morgan fingerprint density at radius 1 is 1.46 bits per heavy atom. The summed E-state index contributed by atoms with van der Waals surface area (Å²) in [5, 5.41) is 7.58. The Morgan fingerprint density at radius 2 is 2.38 bits per heavy atom. The fourth-order valence-corrected chi connectivity index (χ4v) is 4.01. The van der Waals surface area contributed by atoms with E-state index in [1.165, 1.54) is 6.39 Å². The molecule has 0 bridgehead atoms. The number of morpholine rings is 1. The van der Waals surface area contributed by atoms with Gasteiger partial charge in [0.1, 0.15) is 6.04 Å². The molecule has 1 saturated heterocycles. The van der Waals surface area contributed by atoms with Crippen LogP contribution in [0, 0.1) is 0 Å². The standard InChI is InChI=1S/C16H14ClN3O3S/c17-11-1-2-14-12(6-11)10(8-24-14)5-15(21)20-3-4-22-7-13(20)16-18-9-23-19-16/h1-2,6,8-9,13H,3-5,7H2. The zero-order valence-corrected chi connectivity index (χ0v) is 14.2.